The Balaban J connectivity index is 2.37. The minimum Gasteiger partial charge on any atom is -0.322 e. The van der Waals surface area contributed by atoms with E-state index in [-0.39, 0.29) is 32.2 Å². The van der Waals surface area contributed by atoms with Crippen molar-refractivity contribution < 1.29 is 17.6 Å². The van der Waals surface area contributed by atoms with Crippen molar-refractivity contribution in [2.24, 2.45) is 0 Å². The molecule has 1 amide bonds. The molecule has 0 radical (unpaired) electrons. The van der Waals surface area contributed by atoms with Crippen molar-refractivity contribution in [3.05, 3.63) is 57.8 Å². The summed E-state index contributed by atoms with van der Waals surface area (Å²) < 4.78 is 39.6. The maximum Gasteiger partial charge on any atom is 0.257 e. The molecule has 0 aromatic heterocycles. The van der Waals surface area contributed by atoms with E-state index in [9.17, 15) is 17.6 Å². The minimum atomic E-state index is -3.77. The second-order valence-corrected chi connectivity index (χ2v) is 8.65. The van der Waals surface area contributed by atoms with E-state index >= 15 is 0 Å². The highest BCUT2D eigenvalue weighted by molar-refractivity contribution is 7.89. The molecule has 0 saturated carbocycles. The van der Waals surface area contributed by atoms with Gasteiger partial charge in [0.15, 0.2) is 0 Å². The molecule has 5 nitrogen and oxygen atoms in total. The first-order valence-corrected chi connectivity index (χ1v) is 9.77. The molecule has 1 N–H and O–H groups in total. The molecule has 0 unspecified atom stereocenters. The molecule has 0 heterocycles. The van der Waals surface area contributed by atoms with Gasteiger partial charge in [-0.15, -0.1) is 0 Å². The van der Waals surface area contributed by atoms with Crippen molar-refractivity contribution in [1.29, 1.82) is 0 Å². The molecule has 0 aliphatic heterocycles. The number of hydrogen-bond acceptors (Lipinski definition) is 3. The van der Waals surface area contributed by atoms with Crippen LogP contribution >= 0.6 is 23.2 Å². The van der Waals surface area contributed by atoms with E-state index in [1.807, 2.05) is 0 Å². The summed E-state index contributed by atoms with van der Waals surface area (Å²) in [6, 6.07) is 7.32. The lowest BCUT2D eigenvalue weighted by atomic mass is 10.2. The Bertz CT molecular complexity index is 949. The number of amides is 1. The zero-order valence-corrected chi connectivity index (χ0v) is 16.6. The first-order valence-electron chi connectivity index (χ1n) is 7.58. The molecule has 26 heavy (non-hydrogen) atoms. The van der Waals surface area contributed by atoms with Gasteiger partial charge in [0.05, 0.1) is 20.5 Å². The van der Waals surface area contributed by atoms with Gasteiger partial charge in [-0.3, -0.25) is 4.79 Å². The third-order valence-corrected chi connectivity index (χ3v) is 6.41. The number of sulfonamides is 1. The fourth-order valence-corrected chi connectivity index (χ4v) is 3.83. The molecule has 0 atom stereocenters. The average Bonchev–Trinajstić information content (AvgIpc) is 2.57. The zero-order valence-electron chi connectivity index (χ0n) is 14.3. The van der Waals surface area contributed by atoms with E-state index in [1.165, 1.54) is 41.7 Å². The Morgan fingerprint density at radius 2 is 1.77 bits per heavy atom. The van der Waals surface area contributed by atoms with Gasteiger partial charge in [-0.05, 0) is 50.2 Å². The molecule has 2 rings (SSSR count). The van der Waals surface area contributed by atoms with Gasteiger partial charge in [-0.1, -0.05) is 23.2 Å². The molecule has 9 heteroatoms. The summed E-state index contributed by atoms with van der Waals surface area (Å²) in [5, 5.41) is 2.45. The van der Waals surface area contributed by atoms with Gasteiger partial charge in [0.2, 0.25) is 10.0 Å². The third-order valence-electron chi connectivity index (χ3n) is 3.76. The highest BCUT2D eigenvalue weighted by Crippen LogP contribution is 2.25. The van der Waals surface area contributed by atoms with Crippen LogP contribution in [0.2, 0.25) is 10.0 Å². The number of carbonyl (C=O) groups excluding carboxylic acids is 1. The van der Waals surface area contributed by atoms with Crippen molar-refractivity contribution in [2.75, 3.05) is 12.4 Å². The van der Waals surface area contributed by atoms with Crippen molar-refractivity contribution in [2.45, 2.75) is 24.8 Å². The maximum absolute atomic E-state index is 13.2. The number of carbonyl (C=O) groups is 1. The summed E-state index contributed by atoms with van der Waals surface area (Å²) in [7, 11) is -2.32. The summed E-state index contributed by atoms with van der Waals surface area (Å²) in [6.07, 6.45) is 0. The van der Waals surface area contributed by atoms with Crippen LogP contribution in [0.1, 0.15) is 24.2 Å². The molecule has 2 aromatic carbocycles. The van der Waals surface area contributed by atoms with Crippen LogP contribution in [-0.4, -0.2) is 31.7 Å². The highest BCUT2D eigenvalue weighted by Gasteiger charge is 2.25. The molecule has 0 aliphatic carbocycles. The second kappa shape index (κ2) is 7.92. The van der Waals surface area contributed by atoms with Gasteiger partial charge in [0.1, 0.15) is 5.82 Å². The van der Waals surface area contributed by atoms with Gasteiger partial charge in [0, 0.05) is 18.8 Å². The topological polar surface area (TPSA) is 66.5 Å². The number of benzene rings is 2. The zero-order chi connectivity index (χ0) is 19.6. The summed E-state index contributed by atoms with van der Waals surface area (Å²) >= 11 is 11.7. The monoisotopic (exact) mass is 418 g/mol. The second-order valence-electron chi connectivity index (χ2n) is 5.84. The standard InChI is InChI=1S/C17H17Cl2FN2O3S/c1-10(2)22(3)26(24,25)12-5-6-14(18)13(9-12)17(23)21-11-4-7-16(20)15(19)8-11/h4-10H,1-3H3,(H,21,23). The first kappa shape index (κ1) is 20.6. The van der Waals surface area contributed by atoms with Crippen molar-refractivity contribution in [1.82, 2.24) is 4.31 Å². The number of anilines is 1. The normalized spacial score (nSPS) is 11.8. The fourth-order valence-electron chi connectivity index (χ4n) is 2.05. The Labute approximate surface area is 161 Å². The van der Waals surface area contributed by atoms with Crippen molar-refractivity contribution in [3.63, 3.8) is 0 Å². The third kappa shape index (κ3) is 4.35. The smallest absolute Gasteiger partial charge is 0.257 e. The Morgan fingerprint density at radius 3 is 2.35 bits per heavy atom. The van der Waals surface area contributed by atoms with Crippen LogP contribution in [-0.2, 0) is 10.0 Å². The van der Waals surface area contributed by atoms with Crippen molar-refractivity contribution in [3.8, 4) is 0 Å². The van der Waals surface area contributed by atoms with Crippen LogP contribution in [0.25, 0.3) is 0 Å². The molecule has 0 bridgehead atoms. The van der Waals surface area contributed by atoms with Crippen LogP contribution in [0.3, 0.4) is 0 Å². The number of rotatable bonds is 5. The summed E-state index contributed by atoms with van der Waals surface area (Å²) in [5.74, 6) is -1.26. The molecule has 0 saturated heterocycles. The largest absolute Gasteiger partial charge is 0.322 e. The van der Waals surface area contributed by atoms with Gasteiger partial charge < -0.3 is 5.32 Å². The number of nitrogens with zero attached hydrogens (tertiary/aromatic N) is 1. The van der Waals surface area contributed by atoms with E-state index < -0.39 is 21.7 Å². The first-order chi connectivity index (χ1) is 12.0. The van der Waals surface area contributed by atoms with E-state index in [0.29, 0.717) is 0 Å². The van der Waals surface area contributed by atoms with E-state index in [0.717, 1.165) is 6.07 Å². The van der Waals surface area contributed by atoms with Gasteiger partial charge >= 0.3 is 0 Å². The van der Waals surface area contributed by atoms with Crippen LogP contribution in [0.5, 0.6) is 0 Å². The minimum absolute atomic E-state index is 0.0228. The quantitative estimate of drug-likeness (QED) is 0.781. The van der Waals surface area contributed by atoms with E-state index in [1.54, 1.807) is 13.8 Å². The fraction of sp³-hybridized carbons (Fsp3) is 0.235. The Kier molecular flexibility index (Phi) is 6.29. The van der Waals surface area contributed by atoms with Gasteiger partial charge in [-0.2, -0.15) is 4.31 Å². The summed E-state index contributed by atoms with van der Waals surface area (Å²) in [5.41, 5.74) is 0.232. The van der Waals surface area contributed by atoms with Crippen LogP contribution in [0.15, 0.2) is 41.3 Å². The lowest BCUT2D eigenvalue weighted by Gasteiger charge is -2.21. The molecular formula is C17H17Cl2FN2O3S. The van der Waals surface area contributed by atoms with Crippen LogP contribution < -0.4 is 5.32 Å². The van der Waals surface area contributed by atoms with E-state index in [2.05, 4.69) is 5.32 Å². The number of nitrogens with one attached hydrogen (secondary N) is 1. The molecule has 0 spiro atoms. The Morgan fingerprint density at radius 1 is 1.12 bits per heavy atom. The Hall–Kier alpha value is -1.67. The molecular weight excluding hydrogens is 402 g/mol. The predicted octanol–water partition coefficient (Wildman–Crippen LogP) is 4.41. The molecule has 140 valence electrons. The van der Waals surface area contributed by atoms with Gasteiger partial charge in [-0.25, -0.2) is 12.8 Å². The summed E-state index contributed by atoms with van der Waals surface area (Å²) in [6.45, 7) is 3.47. The molecule has 0 fully saturated rings. The molecule has 2 aromatic rings. The predicted molar refractivity (Wildman–Crippen MR) is 101 cm³/mol. The van der Waals surface area contributed by atoms with Crippen molar-refractivity contribution >= 4 is 44.8 Å². The number of hydrogen-bond donors (Lipinski definition) is 1. The molecule has 0 aliphatic rings. The number of halogens is 3. The maximum atomic E-state index is 13.2. The summed E-state index contributed by atoms with van der Waals surface area (Å²) in [4.78, 5) is 12.4. The lowest BCUT2D eigenvalue weighted by molar-refractivity contribution is 0.102. The van der Waals surface area contributed by atoms with Gasteiger partial charge in [0.25, 0.3) is 5.91 Å². The lowest BCUT2D eigenvalue weighted by Crippen LogP contribution is -2.33. The highest BCUT2D eigenvalue weighted by atomic mass is 35.5. The SMILES string of the molecule is CC(C)N(C)S(=O)(=O)c1ccc(Cl)c(C(=O)Nc2ccc(F)c(Cl)c2)c1. The average molecular weight is 419 g/mol. The van der Waals surface area contributed by atoms with Crippen LogP contribution in [0.4, 0.5) is 10.1 Å². The van der Waals surface area contributed by atoms with E-state index in [4.69, 9.17) is 23.2 Å². The van der Waals surface area contributed by atoms with Crippen LogP contribution in [0, 0.1) is 5.82 Å².